The third-order valence-corrected chi connectivity index (χ3v) is 5.44. The molecule has 0 saturated heterocycles. The fourth-order valence-corrected chi connectivity index (χ4v) is 3.35. The lowest BCUT2D eigenvalue weighted by Gasteiger charge is -2.29. The number of benzene rings is 2. The first-order valence-electron chi connectivity index (χ1n) is 8.74. The van der Waals surface area contributed by atoms with Crippen LogP contribution in [0.4, 0.5) is 0 Å². The molecule has 0 aromatic heterocycles. The second-order valence-electron chi connectivity index (χ2n) is 6.61. The van der Waals surface area contributed by atoms with Gasteiger partial charge in [0, 0.05) is 29.2 Å². The zero-order valence-electron chi connectivity index (χ0n) is 16.0. The number of carbonyl (C=O) groups excluding carboxylic acids is 2. The van der Waals surface area contributed by atoms with Gasteiger partial charge in [0.1, 0.15) is 6.04 Å². The van der Waals surface area contributed by atoms with Crippen molar-refractivity contribution in [2.45, 2.75) is 39.8 Å². The van der Waals surface area contributed by atoms with E-state index in [1.54, 1.807) is 32.2 Å². The fraction of sp³-hybridized carbons (Fsp3) is 0.333. The average Bonchev–Trinajstić information content (AvgIpc) is 2.63. The van der Waals surface area contributed by atoms with E-state index in [0.29, 0.717) is 15.6 Å². The summed E-state index contributed by atoms with van der Waals surface area (Å²) in [5.74, 6) is -0.406. The number of carbonyl (C=O) groups is 2. The van der Waals surface area contributed by atoms with Crippen molar-refractivity contribution in [3.05, 3.63) is 68.7 Å². The van der Waals surface area contributed by atoms with Gasteiger partial charge in [-0.3, -0.25) is 9.59 Å². The number of likely N-dealkylation sites (N-methyl/N-ethyl adjacent to an activating group) is 1. The summed E-state index contributed by atoms with van der Waals surface area (Å²) < 4.78 is 0. The Morgan fingerprint density at radius 1 is 1.07 bits per heavy atom. The Bertz CT molecular complexity index is 832. The number of aryl methyl sites for hydroxylation is 2. The molecule has 0 aliphatic heterocycles. The summed E-state index contributed by atoms with van der Waals surface area (Å²) in [6, 6.07) is 10.5. The summed E-state index contributed by atoms with van der Waals surface area (Å²) >= 11 is 12.5. The van der Waals surface area contributed by atoms with E-state index in [1.165, 1.54) is 10.5 Å². The first-order chi connectivity index (χ1) is 12.7. The van der Waals surface area contributed by atoms with Crippen molar-refractivity contribution in [3.63, 3.8) is 0 Å². The zero-order chi connectivity index (χ0) is 20.1. The molecular formula is C21H24Cl2N2O2. The molecule has 0 radical (unpaired) electrons. The van der Waals surface area contributed by atoms with Crippen LogP contribution in [0.15, 0.2) is 36.4 Å². The lowest BCUT2D eigenvalue weighted by molar-refractivity contribution is -0.139. The molecule has 0 spiro atoms. The van der Waals surface area contributed by atoms with E-state index in [9.17, 15) is 9.59 Å². The molecule has 0 saturated carbocycles. The summed E-state index contributed by atoms with van der Waals surface area (Å²) in [4.78, 5) is 26.8. The van der Waals surface area contributed by atoms with Crippen LogP contribution in [0.25, 0.3) is 0 Å². The molecule has 1 atom stereocenters. The van der Waals surface area contributed by atoms with Gasteiger partial charge in [-0.2, -0.15) is 0 Å². The maximum absolute atomic E-state index is 13.1. The van der Waals surface area contributed by atoms with E-state index in [1.807, 2.05) is 32.0 Å². The third-order valence-electron chi connectivity index (χ3n) is 4.73. The van der Waals surface area contributed by atoms with Gasteiger partial charge in [0.25, 0.3) is 0 Å². The molecule has 27 heavy (non-hydrogen) atoms. The lowest BCUT2D eigenvalue weighted by Crippen LogP contribution is -2.47. The van der Waals surface area contributed by atoms with Gasteiger partial charge in [0.15, 0.2) is 0 Å². The number of halogens is 2. The smallest absolute Gasteiger partial charge is 0.242 e. The monoisotopic (exact) mass is 406 g/mol. The minimum Gasteiger partial charge on any atom is -0.357 e. The van der Waals surface area contributed by atoms with Crippen molar-refractivity contribution in [1.82, 2.24) is 10.2 Å². The maximum atomic E-state index is 13.1. The Labute approximate surface area is 170 Å². The number of hydrogen-bond acceptors (Lipinski definition) is 2. The Hall–Kier alpha value is -2.04. The first kappa shape index (κ1) is 21.3. The molecule has 144 valence electrons. The van der Waals surface area contributed by atoms with Crippen LogP contribution in [0, 0.1) is 13.8 Å². The molecule has 0 aliphatic rings. The van der Waals surface area contributed by atoms with Gasteiger partial charge >= 0.3 is 0 Å². The van der Waals surface area contributed by atoms with Gasteiger partial charge < -0.3 is 10.2 Å². The lowest BCUT2D eigenvalue weighted by atomic mass is 10.0. The largest absolute Gasteiger partial charge is 0.357 e. The van der Waals surface area contributed by atoms with Crippen LogP contribution in [0.3, 0.4) is 0 Å². The SMILES string of the molecule is CNC(=O)[C@@H](C)N(Cc1c(Cl)cccc1Cl)C(=O)Cc1ccc(C)c(C)c1. The highest BCUT2D eigenvalue weighted by Gasteiger charge is 2.27. The second-order valence-corrected chi connectivity index (χ2v) is 7.42. The quantitative estimate of drug-likeness (QED) is 0.776. The van der Waals surface area contributed by atoms with Crippen LogP contribution >= 0.6 is 23.2 Å². The van der Waals surface area contributed by atoms with Crippen molar-refractivity contribution >= 4 is 35.0 Å². The van der Waals surface area contributed by atoms with E-state index >= 15 is 0 Å². The molecule has 2 amide bonds. The van der Waals surface area contributed by atoms with Crippen molar-refractivity contribution in [1.29, 1.82) is 0 Å². The average molecular weight is 407 g/mol. The fourth-order valence-electron chi connectivity index (χ4n) is 2.83. The summed E-state index contributed by atoms with van der Waals surface area (Å²) in [7, 11) is 1.55. The molecule has 0 fully saturated rings. The zero-order valence-corrected chi connectivity index (χ0v) is 17.5. The van der Waals surface area contributed by atoms with E-state index in [2.05, 4.69) is 5.32 Å². The molecule has 0 unspecified atom stereocenters. The van der Waals surface area contributed by atoms with Gasteiger partial charge in [0.05, 0.1) is 6.42 Å². The molecule has 6 heteroatoms. The first-order valence-corrected chi connectivity index (χ1v) is 9.50. The van der Waals surface area contributed by atoms with Gasteiger partial charge in [-0.05, 0) is 49.6 Å². The van der Waals surface area contributed by atoms with Crippen molar-refractivity contribution in [3.8, 4) is 0 Å². The van der Waals surface area contributed by atoms with Crippen LogP contribution in [-0.2, 0) is 22.6 Å². The topological polar surface area (TPSA) is 49.4 Å². The van der Waals surface area contributed by atoms with Crippen LogP contribution in [0.1, 0.15) is 29.2 Å². The maximum Gasteiger partial charge on any atom is 0.242 e. The number of rotatable bonds is 6. The molecule has 1 N–H and O–H groups in total. The van der Waals surface area contributed by atoms with Gasteiger partial charge in [-0.1, -0.05) is 47.5 Å². The van der Waals surface area contributed by atoms with Crippen LogP contribution in [0.2, 0.25) is 10.0 Å². The number of nitrogens with zero attached hydrogens (tertiary/aromatic N) is 1. The molecule has 0 heterocycles. The standard InChI is InChI=1S/C21H24Cl2N2O2/c1-13-8-9-16(10-14(13)2)11-20(26)25(15(3)21(27)24-4)12-17-18(22)6-5-7-19(17)23/h5-10,15H,11-12H2,1-4H3,(H,24,27)/t15-/m1/s1. The number of hydrogen-bond donors (Lipinski definition) is 1. The van der Waals surface area contributed by atoms with E-state index < -0.39 is 6.04 Å². The predicted molar refractivity (Wildman–Crippen MR) is 110 cm³/mol. The van der Waals surface area contributed by atoms with E-state index in [4.69, 9.17) is 23.2 Å². The van der Waals surface area contributed by atoms with Gasteiger partial charge in [0.2, 0.25) is 11.8 Å². The highest BCUT2D eigenvalue weighted by molar-refractivity contribution is 6.36. The van der Waals surface area contributed by atoms with Crippen molar-refractivity contribution < 1.29 is 9.59 Å². The molecule has 2 aromatic rings. The minimum absolute atomic E-state index is 0.162. The summed E-state index contributed by atoms with van der Waals surface area (Å²) in [6.07, 6.45) is 0.199. The number of amides is 2. The Balaban J connectivity index is 2.32. The Morgan fingerprint density at radius 2 is 1.70 bits per heavy atom. The van der Waals surface area contributed by atoms with E-state index in [-0.39, 0.29) is 24.8 Å². The highest BCUT2D eigenvalue weighted by atomic mass is 35.5. The predicted octanol–water partition coefficient (Wildman–Crippen LogP) is 4.32. The van der Waals surface area contributed by atoms with Crippen molar-refractivity contribution in [2.24, 2.45) is 0 Å². The molecule has 2 aromatic carbocycles. The second kappa shape index (κ2) is 9.25. The van der Waals surface area contributed by atoms with Crippen LogP contribution in [0.5, 0.6) is 0 Å². The minimum atomic E-state index is -0.651. The Morgan fingerprint density at radius 3 is 2.26 bits per heavy atom. The summed E-state index contributed by atoms with van der Waals surface area (Å²) in [5.41, 5.74) is 3.83. The molecule has 4 nitrogen and oxygen atoms in total. The highest BCUT2D eigenvalue weighted by Crippen LogP contribution is 2.27. The Kier molecular flexibility index (Phi) is 7.28. The van der Waals surface area contributed by atoms with Crippen LogP contribution in [-0.4, -0.2) is 29.8 Å². The molecule has 0 bridgehead atoms. The van der Waals surface area contributed by atoms with Crippen molar-refractivity contribution in [2.75, 3.05) is 7.05 Å². The molecule has 2 rings (SSSR count). The van der Waals surface area contributed by atoms with Gasteiger partial charge in [-0.15, -0.1) is 0 Å². The number of nitrogens with one attached hydrogen (secondary N) is 1. The van der Waals surface area contributed by atoms with Crippen LogP contribution < -0.4 is 5.32 Å². The molecule has 0 aliphatic carbocycles. The normalized spacial score (nSPS) is 11.8. The van der Waals surface area contributed by atoms with Gasteiger partial charge in [-0.25, -0.2) is 0 Å². The third kappa shape index (κ3) is 5.24. The van der Waals surface area contributed by atoms with E-state index in [0.717, 1.165) is 11.1 Å². The summed E-state index contributed by atoms with van der Waals surface area (Å²) in [5, 5.41) is 3.53. The molecular weight excluding hydrogens is 383 g/mol. The summed E-state index contributed by atoms with van der Waals surface area (Å²) in [6.45, 7) is 5.90.